The molecule has 38 heavy (non-hydrogen) atoms. The van der Waals surface area contributed by atoms with Crippen LogP contribution in [0.2, 0.25) is 5.02 Å². The van der Waals surface area contributed by atoms with Crippen LogP contribution in [0, 0.1) is 11.8 Å². The molecular formula is C26H26ClN9O2. The zero-order valence-corrected chi connectivity index (χ0v) is 21.5. The number of amidine groups is 1. The number of nitrogens with zero attached hydrogens (tertiary/aromatic N) is 8. The average Bonchev–Trinajstić information content (AvgIpc) is 3.46. The Balaban J connectivity index is 1.22. The van der Waals surface area contributed by atoms with Crippen molar-refractivity contribution in [1.29, 1.82) is 0 Å². The Kier molecular flexibility index (Phi) is 6.38. The van der Waals surface area contributed by atoms with E-state index in [9.17, 15) is 5.11 Å². The lowest BCUT2D eigenvalue weighted by molar-refractivity contribution is 0.0788. The molecule has 1 aliphatic heterocycles. The summed E-state index contributed by atoms with van der Waals surface area (Å²) in [6.07, 6.45) is 6.72. The molecule has 1 aromatic carbocycles. The Hall–Kier alpha value is -4.09. The minimum Gasteiger partial charge on any atom is -0.456 e. The second-order valence-electron chi connectivity index (χ2n) is 9.42. The summed E-state index contributed by atoms with van der Waals surface area (Å²) < 4.78 is 7.62. The quantitative estimate of drug-likeness (QED) is 0.282. The first-order valence-corrected chi connectivity index (χ1v) is 12.7. The van der Waals surface area contributed by atoms with Crippen molar-refractivity contribution in [2.45, 2.75) is 18.9 Å². The van der Waals surface area contributed by atoms with Crippen molar-refractivity contribution in [1.82, 2.24) is 24.6 Å². The Morgan fingerprint density at radius 1 is 1.18 bits per heavy atom. The van der Waals surface area contributed by atoms with E-state index in [0.717, 1.165) is 25.9 Å². The van der Waals surface area contributed by atoms with Crippen molar-refractivity contribution in [3.63, 3.8) is 0 Å². The third kappa shape index (κ3) is 4.54. The summed E-state index contributed by atoms with van der Waals surface area (Å²) >= 11 is 6.56. The number of piperidine rings is 1. The van der Waals surface area contributed by atoms with E-state index < -0.39 is 0 Å². The number of benzene rings is 1. The molecule has 1 saturated heterocycles. The molecule has 6 rings (SSSR count). The van der Waals surface area contributed by atoms with Gasteiger partial charge in [0.25, 0.3) is 0 Å². The number of nitrogens with one attached hydrogen (secondary N) is 1. The van der Waals surface area contributed by atoms with Crippen molar-refractivity contribution in [3.8, 4) is 11.5 Å². The van der Waals surface area contributed by atoms with Crippen molar-refractivity contribution < 1.29 is 9.84 Å². The van der Waals surface area contributed by atoms with E-state index >= 15 is 0 Å². The molecule has 2 bridgehead atoms. The maximum absolute atomic E-state index is 10.4. The van der Waals surface area contributed by atoms with Gasteiger partial charge in [0.2, 0.25) is 5.95 Å². The smallest absolute Gasteiger partial charge is 0.226 e. The Morgan fingerprint density at radius 3 is 2.74 bits per heavy atom. The van der Waals surface area contributed by atoms with Crippen LogP contribution in [0.1, 0.15) is 18.5 Å². The molecule has 3 aromatic heterocycles. The van der Waals surface area contributed by atoms with Crippen molar-refractivity contribution >= 4 is 47.1 Å². The highest BCUT2D eigenvalue weighted by molar-refractivity contribution is 6.32. The molecule has 2 N–H and O–H groups in total. The average molecular weight is 532 g/mol. The predicted octanol–water partition coefficient (Wildman–Crippen LogP) is 3.99. The van der Waals surface area contributed by atoms with Gasteiger partial charge < -0.3 is 20.1 Å². The third-order valence-corrected chi connectivity index (χ3v) is 7.41. The van der Waals surface area contributed by atoms with E-state index in [1.165, 1.54) is 6.33 Å². The first kappa shape index (κ1) is 24.3. The number of aliphatic hydroxyl groups is 1. The van der Waals surface area contributed by atoms with E-state index in [4.69, 9.17) is 21.3 Å². The highest BCUT2D eigenvalue weighted by Crippen LogP contribution is 2.38. The van der Waals surface area contributed by atoms with Crippen LogP contribution < -0.4 is 15.0 Å². The molecule has 11 nitrogen and oxygen atoms in total. The number of anilines is 2. The first-order valence-electron chi connectivity index (χ1n) is 12.3. The summed E-state index contributed by atoms with van der Waals surface area (Å²) in [4.78, 5) is 24.2. The van der Waals surface area contributed by atoms with Gasteiger partial charge in [0, 0.05) is 49.9 Å². The Morgan fingerprint density at radius 2 is 2.00 bits per heavy atom. The van der Waals surface area contributed by atoms with Crippen LogP contribution in [-0.2, 0) is 0 Å². The van der Waals surface area contributed by atoms with E-state index in [2.05, 4.69) is 42.0 Å². The van der Waals surface area contributed by atoms with Gasteiger partial charge in [0.15, 0.2) is 11.5 Å². The second kappa shape index (κ2) is 9.99. The number of halogens is 1. The summed E-state index contributed by atoms with van der Waals surface area (Å²) in [6.45, 7) is 5.13. The number of pyridine rings is 1. The summed E-state index contributed by atoms with van der Waals surface area (Å²) in [5, 5.41) is 18.2. The summed E-state index contributed by atoms with van der Waals surface area (Å²) in [7, 11) is 1.67. The van der Waals surface area contributed by atoms with Crippen molar-refractivity contribution in [2.75, 3.05) is 30.4 Å². The third-order valence-electron chi connectivity index (χ3n) is 7.12. The molecule has 3 atom stereocenters. The first-order chi connectivity index (χ1) is 18.5. The number of hydrogen-bond acceptors (Lipinski definition) is 9. The number of ether oxygens (including phenoxy) is 1. The van der Waals surface area contributed by atoms with Gasteiger partial charge in [-0.25, -0.2) is 19.5 Å². The maximum atomic E-state index is 10.4. The lowest BCUT2D eigenvalue weighted by atomic mass is 9.95. The topological polar surface area (TPSA) is 125 Å². The number of aromatic nitrogens is 5. The SMILES string of the molecule is C=Nc1cnc(N2C[C@H]3CC[C@@H](C2)[C@@H]3O)nc1/C(=N\C)Nc1ccc(Oc2ccn3ncnc3c2)c(Cl)c1. The van der Waals surface area contributed by atoms with Gasteiger partial charge in [-0.15, -0.1) is 0 Å². The highest BCUT2D eigenvalue weighted by atomic mass is 35.5. The van der Waals surface area contributed by atoms with Crippen LogP contribution in [0.4, 0.5) is 17.3 Å². The molecule has 1 saturated carbocycles. The summed E-state index contributed by atoms with van der Waals surface area (Å²) in [5.41, 5.74) is 2.41. The molecule has 2 aliphatic rings. The Labute approximate surface area is 223 Å². The summed E-state index contributed by atoms with van der Waals surface area (Å²) in [5.74, 6) is 2.67. The van der Waals surface area contributed by atoms with Crippen LogP contribution in [0.25, 0.3) is 5.65 Å². The van der Waals surface area contributed by atoms with E-state index in [-0.39, 0.29) is 17.9 Å². The van der Waals surface area contributed by atoms with E-state index in [1.54, 1.807) is 48.2 Å². The zero-order chi connectivity index (χ0) is 26.2. The van der Waals surface area contributed by atoms with Gasteiger partial charge in [-0.1, -0.05) is 11.6 Å². The fraction of sp³-hybridized carbons (Fsp3) is 0.308. The van der Waals surface area contributed by atoms with Gasteiger partial charge in [0.05, 0.1) is 17.3 Å². The monoisotopic (exact) mass is 531 g/mol. The van der Waals surface area contributed by atoms with Crippen LogP contribution in [0.5, 0.6) is 11.5 Å². The molecule has 194 valence electrons. The summed E-state index contributed by atoms with van der Waals surface area (Å²) in [6, 6.07) is 8.94. The number of rotatable bonds is 6. The predicted molar refractivity (Wildman–Crippen MR) is 146 cm³/mol. The molecule has 0 radical (unpaired) electrons. The second-order valence-corrected chi connectivity index (χ2v) is 9.83. The minimum absolute atomic E-state index is 0.239. The highest BCUT2D eigenvalue weighted by Gasteiger charge is 2.41. The largest absolute Gasteiger partial charge is 0.456 e. The minimum atomic E-state index is -0.239. The fourth-order valence-corrected chi connectivity index (χ4v) is 5.39. The van der Waals surface area contributed by atoms with Gasteiger partial charge in [0.1, 0.15) is 29.2 Å². The molecule has 2 fully saturated rings. The van der Waals surface area contributed by atoms with E-state index in [0.29, 0.717) is 51.0 Å². The zero-order valence-electron chi connectivity index (χ0n) is 20.7. The fourth-order valence-electron chi connectivity index (χ4n) is 5.17. The standard InChI is InChI=1S/C26H26ClN9O2/c1-28-20-11-30-26(35-12-15-3-4-16(13-35)24(15)37)34-23(20)25(29-2)33-17-5-6-21(19(27)9-17)38-18-7-8-36-22(10-18)31-14-32-36/h5-11,14-16,24,37H,1,3-4,12-13H2,2H3,(H,29,33)/t15-,16+,24-. The number of aliphatic imine (C=N–C) groups is 2. The van der Waals surface area contributed by atoms with Gasteiger partial charge in [-0.3, -0.25) is 9.98 Å². The van der Waals surface area contributed by atoms with Gasteiger partial charge >= 0.3 is 0 Å². The maximum Gasteiger partial charge on any atom is 0.226 e. The lowest BCUT2D eigenvalue weighted by Gasteiger charge is -2.35. The number of hydrogen-bond donors (Lipinski definition) is 2. The van der Waals surface area contributed by atoms with Crippen molar-refractivity contribution in [3.05, 3.63) is 59.8 Å². The van der Waals surface area contributed by atoms with Crippen LogP contribution in [0.3, 0.4) is 0 Å². The lowest BCUT2D eigenvalue weighted by Crippen LogP contribution is -2.45. The molecule has 0 amide bonds. The Bertz CT molecular complexity index is 1520. The molecule has 0 unspecified atom stereocenters. The molecule has 4 heterocycles. The van der Waals surface area contributed by atoms with Crippen LogP contribution in [-0.4, -0.2) is 68.5 Å². The number of fused-ring (bicyclic) bond motifs is 3. The van der Waals surface area contributed by atoms with Gasteiger partial charge in [-0.05, 0) is 43.8 Å². The molecular weight excluding hydrogens is 506 g/mol. The molecule has 12 heteroatoms. The normalized spacial score (nSPS) is 21.1. The molecule has 0 spiro atoms. The van der Waals surface area contributed by atoms with Crippen molar-refractivity contribution in [2.24, 2.45) is 21.8 Å². The van der Waals surface area contributed by atoms with Crippen LogP contribution in [0.15, 0.2) is 59.0 Å². The molecule has 1 aliphatic carbocycles. The van der Waals surface area contributed by atoms with Crippen LogP contribution >= 0.6 is 11.6 Å². The van der Waals surface area contributed by atoms with Gasteiger partial charge in [-0.2, -0.15) is 5.10 Å². The van der Waals surface area contributed by atoms with E-state index in [1.807, 2.05) is 6.07 Å². The number of aliphatic hydroxyl groups excluding tert-OH is 1. The molecule has 4 aromatic rings.